The Hall–Kier alpha value is -1.24. The molecule has 1 aliphatic rings. The molecule has 108 valence electrons. The minimum absolute atomic E-state index is 0.844. The van der Waals surface area contributed by atoms with Crippen molar-refractivity contribution in [2.24, 2.45) is 0 Å². The number of anilines is 1. The Kier molecular flexibility index (Phi) is 4.14. The van der Waals surface area contributed by atoms with E-state index in [0.29, 0.717) is 0 Å². The molecule has 2 aromatic heterocycles. The maximum atomic E-state index is 4.70. The van der Waals surface area contributed by atoms with E-state index in [1.54, 1.807) is 11.3 Å². The Bertz CT molecular complexity index is 582. The molecular weight excluding hydrogens is 270 g/mol. The number of hydrogen-bond donors (Lipinski definition) is 1. The van der Waals surface area contributed by atoms with E-state index < -0.39 is 0 Å². The topological polar surface area (TPSA) is 44.3 Å². The van der Waals surface area contributed by atoms with Crippen molar-refractivity contribution in [3.63, 3.8) is 0 Å². The van der Waals surface area contributed by atoms with Crippen LogP contribution in [0.3, 0.4) is 0 Å². The number of likely N-dealkylation sites (N-methyl/N-ethyl adjacent to an activating group) is 1. The summed E-state index contributed by atoms with van der Waals surface area (Å²) in [5.41, 5.74) is 0. The monoisotopic (exact) mass is 291 g/mol. The molecule has 0 atom stereocenters. The molecule has 0 saturated carbocycles. The van der Waals surface area contributed by atoms with Gasteiger partial charge in [-0.1, -0.05) is 0 Å². The van der Waals surface area contributed by atoms with Gasteiger partial charge < -0.3 is 10.2 Å². The highest BCUT2D eigenvalue weighted by Gasteiger charge is 2.15. The lowest BCUT2D eigenvalue weighted by molar-refractivity contribution is 0.264. The van der Waals surface area contributed by atoms with E-state index in [2.05, 4.69) is 38.6 Å². The Balaban J connectivity index is 1.79. The summed E-state index contributed by atoms with van der Waals surface area (Å²) in [7, 11) is 4.11. The van der Waals surface area contributed by atoms with E-state index in [9.17, 15) is 0 Å². The number of hydrogen-bond acceptors (Lipinski definition) is 6. The second kappa shape index (κ2) is 6.03. The van der Waals surface area contributed by atoms with Gasteiger partial charge in [-0.15, -0.1) is 11.3 Å². The number of thiophene rings is 1. The van der Waals surface area contributed by atoms with Gasteiger partial charge in [0.2, 0.25) is 0 Å². The molecule has 3 heterocycles. The summed E-state index contributed by atoms with van der Waals surface area (Å²) >= 11 is 1.68. The molecule has 2 aromatic rings. The fourth-order valence-corrected chi connectivity index (χ4v) is 3.40. The van der Waals surface area contributed by atoms with Crippen LogP contribution >= 0.6 is 11.3 Å². The third-order valence-electron chi connectivity index (χ3n) is 3.79. The molecule has 20 heavy (non-hydrogen) atoms. The van der Waals surface area contributed by atoms with Gasteiger partial charge in [0.05, 0.1) is 11.9 Å². The van der Waals surface area contributed by atoms with Gasteiger partial charge >= 0.3 is 0 Å². The molecule has 0 aliphatic carbocycles. The van der Waals surface area contributed by atoms with E-state index in [4.69, 9.17) is 4.98 Å². The molecule has 0 bridgehead atoms. The van der Waals surface area contributed by atoms with Crippen LogP contribution in [0.4, 0.5) is 5.82 Å². The van der Waals surface area contributed by atoms with Crippen molar-refractivity contribution in [3.05, 3.63) is 17.3 Å². The molecule has 1 N–H and O–H groups in total. The summed E-state index contributed by atoms with van der Waals surface area (Å²) in [6, 6.07) is 2.08. The summed E-state index contributed by atoms with van der Waals surface area (Å²) in [5.74, 6) is 1.87. The zero-order chi connectivity index (χ0) is 13.9. The second-order valence-corrected chi connectivity index (χ2v) is 6.21. The van der Waals surface area contributed by atoms with Gasteiger partial charge in [0.15, 0.2) is 0 Å². The highest BCUT2D eigenvalue weighted by Crippen LogP contribution is 2.25. The van der Waals surface area contributed by atoms with Crippen LogP contribution < -0.4 is 5.32 Å². The van der Waals surface area contributed by atoms with Crippen molar-refractivity contribution in [2.45, 2.75) is 13.0 Å². The fraction of sp³-hybridized carbons (Fsp3) is 0.571. The van der Waals surface area contributed by atoms with Crippen LogP contribution in [-0.2, 0) is 6.54 Å². The zero-order valence-electron chi connectivity index (χ0n) is 12.1. The lowest BCUT2D eigenvalue weighted by Crippen LogP contribution is -2.29. The molecule has 1 fully saturated rings. The smallest absolute Gasteiger partial charge is 0.146 e. The third kappa shape index (κ3) is 2.92. The first-order valence-corrected chi connectivity index (χ1v) is 7.97. The number of nitrogens with zero attached hydrogens (tertiary/aromatic N) is 4. The number of aromatic nitrogens is 2. The maximum Gasteiger partial charge on any atom is 0.146 e. The van der Waals surface area contributed by atoms with Crippen LogP contribution in [0.25, 0.3) is 10.2 Å². The van der Waals surface area contributed by atoms with E-state index in [-0.39, 0.29) is 0 Å². The van der Waals surface area contributed by atoms with E-state index in [1.165, 1.54) is 13.0 Å². The van der Waals surface area contributed by atoms with Crippen molar-refractivity contribution in [1.29, 1.82) is 0 Å². The fourth-order valence-electron chi connectivity index (χ4n) is 2.62. The van der Waals surface area contributed by atoms with Gasteiger partial charge in [-0.2, -0.15) is 0 Å². The quantitative estimate of drug-likeness (QED) is 0.935. The second-order valence-electron chi connectivity index (χ2n) is 5.31. The van der Waals surface area contributed by atoms with Crippen molar-refractivity contribution in [2.75, 3.05) is 45.6 Å². The molecular formula is C14H21N5S. The van der Waals surface area contributed by atoms with Gasteiger partial charge in [0.25, 0.3) is 0 Å². The lowest BCUT2D eigenvalue weighted by Gasteiger charge is -2.19. The number of fused-ring (bicyclic) bond motifs is 1. The Morgan fingerprint density at radius 3 is 3.00 bits per heavy atom. The Labute approximate surface area is 123 Å². The lowest BCUT2D eigenvalue weighted by atomic mass is 10.3. The minimum atomic E-state index is 0.844. The number of nitrogens with one attached hydrogen (secondary N) is 1. The van der Waals surface area contributed by atoms with Crippen LogP contribution in [0.1, 0.15) is 12.2 Å². The first kappa shape index (κ1) is 13.7. The Morgan fingerprint density at radius 2 is 2.15 bits per heavy atom. The molecule has 3 rings (SSSR count). The van der Waals surface area contributed by atoms with Crippen LogP contribution in [0.15, 0.2) is 11.4 Å². The Morgan fingerprint density at radius 1 is 1.25 bits per heavy atom. The summed E-state index contributed by atoms with van der Waals surface area (Å²) < 4.78 is 0. The van der Waals surface area contributed by atoms with Crippen LogP contribution in [-0.4, -0.2) is 60.0 Å². The largest absolute Gasteiger partial charge is 0.372 e. The molecule has 6 heteroatoms. The normalized spacial score (nSPS) is 18.3. The SMILES string of the molecule is CNc1nc(CN2CCCN(C)CC2)nc2sccc12. The minimum Gasteiger partial charge on any atom is -0.372 e. The molecule has 0 aromatic carbocycles. The average molecular weight is 291 g/mol. The van der Waals surface area contributed by atoms with E-state index in [1.807, 2.05) is 7.05 Å². The van der Waals surface area contributed by atoms with E-state index in [0.717, 1.165) is 48.0 Å². The molecule has 5 nitrogen and oxygen atoms in total. The molecule has 0 spiro atoms. The van der Waals surface area contributed by atoms with Gasteiger partial charge in [-0.05, 0) is 38.0 Å². The van der Waals surface area contributed by atoms with Crippen LogP contribution in [0.2, 0.25) is 0 Å². The predicted octanol–water partition coefficient (Wildman–Crippen LogP) is 1.87. The van der Waals surface area contributed by atoms with Gasteiger partial charge in [-0.25, -0.2) is 9.97 Å². The molecule has 0 amide bonds. The third-order valence-corrected chi connectivity index (χ3v) is 4.59. The van der Waals surface area contributed by atoms with Gasteiger partial charge in [-0.3, -0.25) is 4.90 Å². The maximum absolute atomic E-state index is 4.70. The first-order chi connectivity index (χ1) is 9.76. The molecule has 0 unspecified atom stereocenters. The highest BCUT2D eigenvalue weighted by atomic mass is 32.1. The van der Waals surface area contributed by atoms with Gasteiger partial charge in [0, 0.05) is 20.1 Å². The van der Waals surface area contributed by atoms with Crippen molar-refractivity contribution >= 4 is 27.4 Å². The van der Waals surface area contributed by atoms with Crippen LogP contribution in [0.5, 0.6) is 0 Å². The van der Waals surface area contributed by atoms with Crippen LogP contribution in [0, 0.1) is 0 Å². The first-order valence-electron chi connectivity index (χ1n) is 7.09. The molecule has 0 radical (unpaired) electrons. The predicted molar refractivity (Wildman–Crippen MR) is 84.4 cm³/mol. The van der Waals surface area contributed by atoms with E-state index >= 15 is 0 Å². The summed E-state index contributed by atoms with van der Waals surface area (Å²) in [6.45, 7) is 5.38. The molecule has 1 aliphatic heterocycles. The van der Waals surface area contributed by atoms with Gasteiger partial charge in [0.1, 0.15) is 16.5 Å². The summed E-state index contributed by atoms with van der Waals surface area (Å²) in [4.78, 5) is 15.3. The summed E-state index contributed by atoms with van der Waals surface area (Å²) in [5, 5.41) is 6.38. The molecule has 1 saturated heterocycles. The summed E-state index contributed by atoms with van der Waals surface area (Å²) in [6.07, 6.45) is 1.22. The van der Waals surface area contributed by atoms with Crippen molar-refractivity contribution in [3.8, 4) is 0 Å². The van der Waals surface area contributed by atoms with Crippen molar-refractivity contribution in [1.82, 2.24) is 19.8 Å². The number of rotatable bonds is 3. The average Bonchev–Trinajstić information content (AvgIpc) is 2.82. The van der Waals surface area contributed by atoms with Crippen molar-refractivity contribution < 1.29 is 0 Å². The zero-order valence-corrected chi connectivity index (χ0v) is 12.9. The standard InChI is InChI=1S/C14H21N5S/c1-15-13-11-4-9-20-14(11)17-12(16-13)10-19-6-3-5-18(2)7-8-19/h4,9H,3,5-8,10H2,1-2H3,(H,15,16,17). The highest BCUT2D eigenvalue weighted by molar-refractivity contribution is 7.16.